The van der Waals surface area contributed by atoms with Crippen molar-refractivity contribution in [2.45, 2.75) is 32.6 Å². The summed E-state index contributed by atoms with van der Waals surface area (Å²) in [6.07, 6.45) is 2.34. The van der Waals surface area contributed by atoms with Gasteiger partial charge in [0.15, 0.2) is 0 Å². The number of benzene rings is 2. The highest BCUT2D eigenvalue weighted by atomic mass is 35.5. The molecule has 2 aliphatic heterocycles. The molecule has 2 aromatic carbocycles. The summed E-state index contributed by atoms with van der Waals surface area (Å²) in [6.45, 7) is 3.79. The number of thiophene rings is 1. The molecule has 0 radical (unpaired) electrons. The Labute approximate surface area is 290 Å². The topological polar surface area (TPSA) is 142 Å². The number of carbonyl (C=O) groups excluding carboxylic acids is 4. The smallest absolute Gasteiger partial charge is 0.257 e. The van der Waals surface area contributed by atoms with E-state index in [1.165, 1.54) is 4.90 Å². The molecule has 2 aromatic heterocycles. The van der Waals surface area contributed by atoms with Gasteiger partial charge in [-0.15, -0.1) is 11.3 Å². The van der Waals surface area contributed by atoms with E-state index in [1.807, 2.05) is 50.3 Å². The molecule has 4 aliphatic rings. The first-order chi connectivity index (χ1) is 23.4. The summed E-state index contributed by atoms with van der Waals surface area (Å²) in [7, 11) is 1.71. The number of amides is 4. The van der Waals surface area contributed by atoms with E-state index in [9.17, 15) is 29.5 Å². The first-order valence-corrected chi connectivity index (χ1v) is 17.4. The molecule has 0 spiro atoms. The number of hydrogen-bond donors (Lipinski definition) is 2. The summed E-state index contributed by atoms with van der Waals surface area (Å²) >= 11 is 7.84. The number of ether oxygens (including phenoxy) is 1. The molecule has 11 nitrogen and oxygen atoms in total. The first kappa shape index (κ1) is 31.9. The Morgan fingerprint density at radius 2 is 1.80 bits per heavy atom. The molecule has 13 heteroatoms. The van der Waals surface area contributed by atoms with E-state index >= 15 is 0 Å². The highest BCUT2D eigenvalue weighted by Gasteiger charge is 2.68. The van der Waals surface area contributed by atoms with Crippen LogP contribution in [-0.2, 0) is 26.2 Å². The fraction of sp³-hybridized carbons (Fsp3) is 0.361. The van der Waals surface area contributed by atoms with Crippen LogP contribution in [0.2, 0.25) is 5.02 Å². The number of imide groups is 2. The summed E-state index contributed by atoms with van der Waals surface area (Å²) in [5, 5.41) is 26.2. The van der Waals surface area contributed by atoms with Crippen LogP contribution in [0.3, 0.4) is 0 Å². The van der Waals surface area contributed by atoms with Gasteiger partial charge in [0.2, 0.25) is 11.8 Å². The number of nitrogens with zero attached hydrogens (tertiary/aromatic N) is 4. The van der Waals surface area contributed by atoms with Crippen LogP contribution in [0.4, 0.5) is 5.82 Å². The Morgan fingerprint density at radius 1 is 1.04 bits per heavy atom. The largest absolute Gasteiger partial charge is 0.491 e. The van der Waals surface area contributed by atoms with Crippen LogP contribution in [0.5, 0.6) is 5.75 Å². The van der Waals surface area contributed by atoms with Crippen molar-refractivity contribution in [2.75, 3.05) is 18.1 Å². The third-order valence-corrected chi connectivity index (χ3v) is 12.6. The third-order valence-electron chi connectivity index (χ3n) is 11.0. The van der Waals surface area contributed by atoms with E-state index < -0.39 is 52.7 Å². The minimum Gasteiger partial charge on any atom is -0.491 e. The second-order valence-electron chi connectivity index (χ2n) is 13.5. The molecule has 2 saturated heterocycles. The number of aliphatic hydroxyl groups excluding tert-OH is 1. The quantitative estimate of drug-likeness (QED) is 0.158. The number of hydroxylamine groups is 2. The van der Waals surface area contributed by atoms with Gasteiger partial charge in [0, 0.05) is 28.8 Å². The number of fused-ring (bicyclic) bond motifs is 5. The molecule has 4 amide bonds. The molecule has 4 heterocycles. The van der Waals surface area contributed by atoms with Crippen molar-refractivity contribution < 1.29 is 34.2 Å². The standard InChI is InChI=1S/C36H33ClN4O7S/c1-17-23-14-19(37)6-11-27(23)49-31(17)26-16-28(39(3)38-26)40-33(44)25-15-24-21(9-10-22-29(24)34(45)41(47)32(22)43)30(36(25,2)35(40)46)18-4-7-20(8-5-18)48-13-12-42/h4-9,11,14,16,22,24-25,29-30,42,47H,10,12-13,15H2,1-3H3/t22-,24+,25-,29-,30-,36+/m0/s1. The Balaban J connectivity index is 1.23. The van der Waals surface area contributed by atoms with Crippen LogP contribution in [-0.4, -0.2) is 62.0 Å². The number of aryl methyl sites for hydroxylation is 2. The molecular weight excluding hydrogens is 668 g/mol. The lowest BCUT2D eigenvalue weighted by Crippen LogP contribution is -2.48. The van der Waals surface area contributed by atoms with Crippen molar-refractivity contribution in [2.24, 2.45) is 36.1 Å². The second-order valence-corrected chi connectivity index (χ2v) is 15.0. The average molecular weight is 701 g/mol. The maximum Gasteiger partial charge on any atom is 0.257 e. The van der Waals surface area contributed by atoms with Gasteiger partial charge in [-0.2, -0.15) is 10.2 Å². The van der Waals surface area contributed by atoms with E-state index in [2.05, 4.69) is 0 Å². The van der Waals surface area contributed by atoms with Gasteiger partial charge < -0.3 is 9.84 Å². The fourth-order valence-corrected chi connectivity index (χ4v) is 10.0. The van der Waals surface area contributed by atoms with E-state index in [0.29, 0.717) is 22.3 Å². The van der Waals surface area contributed by atoms with Gasteiger partial charge in [0.05, 0.1) is 34.7 Å². The van der Waals surface area contributed by atoms with Crippen molar-refractivity contribution in [1.82, 2.24) is 14.8 Å². The van der Waals surface area contributed by atoms with Crippen LogP contribution < -0.4 is 9.64 Å². The minimum absolute atomic E-state index is 0.121. The monoisotopic (exact) mass is 700 g/mol. The number of allylic oxidation sites excluding steroid dienone is 2. The van der Waals surface area contributed by atoms with E-state index in [-0.39, 0.29) is 37.0 Å². The molecule has 0 unspecified atom stereocenters. The average Bonchev–Trinajstić information content (AvgIpc) is 3.75. The zero-order valence-corrected chi connectivity index (χ0v) is 28.5. The minimum atomic E-state index is -1.24. The number of aromatic nitrogens is 2. The number of hydrogen-bond acceptors (Lipinski definition) is 9. The van der Waals surface area contributed by atoms with Crippen LogP contribution in [0.1, 0.15) is 36.8 Å². The van der Waals surface area contributed by atoms with Crippen molar-refractivity contribution in [3.8, 4) is 16.3 Å². The normalized spacial score (nSPS) is 27.9. The molecule has 1 saturated carbocycles. The molecular formula is C36H33ClN4O7S. The summed E-state index contributed by atoms with van der Waals surface area (Å²) in [4.78, 5) is 57.8. The fourth-order valence-electron chi connectivity index (χ4n) is 8.73. The summed E-state index contributed by atoms with van der Waals surface area (Å²) < 4.78 is 8.18. The van der Waals surface area contributed by atoms with Gasteiger partial charge in [0.25, 0.3) is 11.8 Å². The van der Waals surface area contributed by atoms with Crippen LogP contribution in [0, 0.1) is 36.0 Å². The lowest BCUT2D eigenvalue weighted by atomic mass is 9.51. The third kappa shape index (κ3) is 4.50. The lowest BCUT2D eigenvalue weighted by molar-refractivity contribution is -0.173. The van der Waals surface area contributed by atoms with Crippen molar-refractivity contribution in [3.05, 3.63) is 76.3 Å². The van der Waals surface area contributed by atoms with E-state index in [0.717, 1.165) is 31.7 Å². The van der Waals surface area contributed by atoms with Crippen molar-refractivity contribution in [3.63, 3.8) is 0 Å². The lowest BCUT2D eigenvalue weighted by Gasteiger charge is -2.49. The zero-order valence-electron chi connectivity index (χ0n) is 26.9. The molecule has 252 valence electrons. The predicted molar refractivity (Wildman–Crippen MR) is 181 cm³/mol. The summed E-state index contributed by atoms with van der Waals surface area (Å²) in [5.74, 6) is -4.74. The summed E-state index contributed by atoms with van der Waals surface area (Å²) in [5.41, 5.74) is 1.95. The molecule has 0 bridgehead atoms. The number of halogens is 1. The Hall–Kier alpha value is -4.36. The predicted octanol–water partition coefficient (Wildman–Crippen LogP) is 5.25. The van der Waals surface area contributed by atoms with Gasteiger partial charge in [-0.1, -0.05) is 35.4 Å². The van der Waals surface area contributed by atoms with Crippen LogP contribution in [0.15, 0.2) is 60.2 Å². The maximum atomic E-state index is 14.9. The molecule has 6 atom stereocenters. The van der Waals surface area contributed by atoms with E-state index in [4.69, 9.17) is 21.4 Å². The molecule has 2 aliphatic carbocycles. The summed E-state index contributed by atoms with van der Waals surface area (Å²) in [6, 6.07) is 14.7. The van der Waals surface area contributed by atoms with Gasteiger partial charge in [-0.3, -0.25) is 29.1 Å². The van der Waals surface area contributed by atoms with E-state index in [1.54, 1.807) is 41.3 Å². The zero-order chi connectivity index (χ0) is 34.5. The highest BCUT2D eigenvalue weighted by molar-refractivity contribution is 7.22. The molecule has 4 aromatic rings. The van der Waals surface area contributed by atoms with Crippen LogP contribution in [0.25, 0.3) is 20.7 Å². The van der Waals surface area contributed by atoms with Gasteiger partial charge in [-0.05, 0) is 79.5 Å². The highest BCUT2D eigenvalue weighted by Crippen LogP contribution is 2.63. The molecule has 3 fully saturated rings. The molecule has 49 heavy (non-hydrogen) atoms. The number of carbonyl (C=O) groups is 4. The number of aliphatic hydroxyl groups is 1. The number of anilines is 1. The molecule has 2 N–H and O–H groups in total. The number of rotatable bonds is 6. The molecule has 8 rings (SSSR count). The Morgan fingerprint density at radius 3 is 2.53 bits per heavy atom. The van der Waals surface area contributed by atoms with Gasteiger partial charge >= 0.3 is 0 Å². The first-order valence-electron chi connectivity index (χ1n) is 16.2. The van der Waals surface area contributed by atoms with Crippen LogP contribution >= 0.6 is 22.9 Å². The SMILES string of the molecule is Cc1c(-c2cc(N3C(=O)[C@@H]4C[C@@H]5C(=CC[C@@H]6C(=O)N(O)C(=O)[C@@H]65)[C@H](c5ccc(OCCO)cc5)[C@]4(C)C3=O)n(C)n2)sc2ccc(Cl)cc12. The Kier molecular flexibility index (Phi) is 7.38. The van der Waals surface area contributed by atoms with Gasteiger partial charge in [0.1, 0.15) is 23.9 Å². The van der Waals surface area contributed by atoms with Crippen molar-refractivity contribution >= 4 is 62.5 Å². The Bertz CT molecular complexity index is 2120. The van der Waals surface area contributed by atoms with Crippen molar-refractivity contribution in [1.29, 1.82) is 0 Å². The second kappa shape index (κ2) is 11.3. The maximum absolute atomic E-state index is 14.9. The van der Waals surface area contributed by atoms with Gasteiger partial charge in [-0.25, -0.2) is 4.90 Å².